The first-order valence-corrected chi connectivity index (χ1v) is 9.92. The van der Waals surface area contributed by atoms with E-state index in [2.05, 4.69) is 25.7 Å². The lowest BCUT2D eigenvalue weighted by Gasteiger charge is -2.16. The second kappa shape index (κ2) is 12.1. The normalized spacial score (nSPS) is 12.2. The van der Waals surface area contributed by atoms with Crippen molar-refractivity contribution in [3.8, 4) is 5.82 Å². The third-order valence-electron chi connectivity index (χ3n) is 4.05. The molecular weight excluding hydrogens is 538 g/mol. The molecule has 0 bridgehead atoms. The van der Waals surface area contributed by atoms with Crippen LogP contribution in [0.1, 0.15) is 24.2 Å². The standard InChI is InChI=1S/C20H22Cl2N6O.HI/c1-2-23-20(26-13-18(29)15-9-16(21)11-17(22)10-15)25-12-14-4-6-24-19(8-14)28-7-3-5-27-28;/h3-11,18,29H,2,12-13H2,1H3,(H2,23,25,26);1H. The Morgan fingerprint density at radius 2 is 1.93 bits per heavy atom. The predicted octanol–water partition coefficient (Wildman–Crippen LogP) is 3.98. The summed E-state index contributed by atoms with van der Waals surface area (Å²) in [6, 6.07) is 10.7. The number of guanidine groups is 1. The third-order valence-corrected chi connectivity index (χ3v) is 4.48. The first-order chi connectivity index (χ1) is 14.0. The SMILES string of the molecule is CCNC(=NCc1ccnc(-n2cccn2)c1)NCC(O)c1cc(Cl)cc(Cl)c1.I. The molecule has 10 heteroatoms. The summed E-state index contributed by atoms with van der Waals surface area (Å²) in [6.07, 6.45) is 4.50. The van der Waals surface area contributed by atoms with E-state index in [-0.39, 0.29) is 30.5 Å². The molecule has 1 aromatic carbocycles. The van der Waals surface area contributed by atoms with Crippen molar-refractivity contribution in [2.75, 3.05) is 13.1 Å². The smallest absolute Gasteiger partial charge is 0.191 e. The molecule has 0 saturated heterocycles. The van der Waals surface area contributed by atoms with Crippen LogP contribution in [0.15, 0.2) is 60.0 Å². The van der Waals surface area contributed by atoms with Gasteiger partial charge in [-0.3, -0.25) is 0 Å². The fraction of sp³-hybridized carbons (Fsp3) is 0.250. The van der Waals surface area contributed by atoms with E-state index in [9.17, 15) is 5.11 Å². The summed E-state index contributed by atoms with van der Waals surface area (Å²) in [5.41, 5.74) is 1.63. The Bertz CT molecular complexity index is 947. The van der Waals surface area contributed by atoms with Crippen molar-refractivity contribution in [1.29, 1.82) is 0 Å². The third kappa shape index (κ3) is 7.12. The van der Waals surface area contributed by atoms with E-state index in [1.807, 2.05) is 31.3 Å². The Kier molecular flexibility index (Phi) is 9.83. The van der Waals surface area contributed by atoms with Gasteiger partial charge in [0, 0.05) is 41.7 Å². The number of hydrogen-bond donors (Lipinski definition) is 3. The summed E-state index contributed by atoms with van der Waals surface area (Å²) in [6.45, 7) is 3.38. The Morgan fingerprint density at radius 3 is 2.60 bits per heavy atom. The van der Waals surface area contributed by atoms with Gasteiger partial charge in [0.1, 0.15) is 0 Å². The summed E-state index contributed by atoms with van der Waals surface area (Å²) in [5.74, 6) is 1.33. The van der Waals surface area contributed by atoms with Crippen LogP contribution in [0.5, 0.6) is 0 Å². The van der Waals surface area contributed by atoms with Crippen LogP contribution >= 0.6 is 47.2 Å². The first-order valence-electron chi connectivity index (χ1n) is 9.16. The van der Waals surface area contributed by atoms with Gasteiger partial charge in [-0.15, -0.1) is 24.0 Å². The molecule has 2 heterocycles. The average Bonchev–Trinajstić information content (AvgIpc) is 3.24. The number of aliphatic hydroxyl groups excluding tert-OH is 1. The van der Waals surface area contributed by atoms with Gasteiger partial charge < -0.3 is 15.7 Å². The van der Waals surface area contributed by atoms with E-state index >= 15 is 0 Å². The molecule has 3 rings (SSSR count). The largest absolute Gasteiger partial charge is 0.387 e. The van der Waals surface area contributed by atoms with Gasteiger partial charge in [-0.25, -0.2) is 14.7 Å². The summed E-state index contributed by atoms with van der Waals surface area (Å²) in [7, 11) is 0. The minimum atomic E-state index is -0.776. The highest BCUT2D eigenvalue weighted by atomic mass is 127. The van der Waals surface area contributed by atoms with Crippen LogP contribution in [0.25, 0.3) is 5.82 Å². The van der Waals surface area contributed by atoms with Gasteiger partial charge in [-0.2, -0.15) is 5.10 Å². The Morgan fingerprint density at radius 1 is 1.17 bits per heavy atom. The van der Waals surface area contributed by atoms with E-state index in [0.717, 1.165) is 11.4 Å². The number of halogens is 3. The number of pyridine rings is 1. The van der Waals surface area contributed by atoms with Crippen LogP contribution in [0.4, 0.5) is 0 Å². The van der Waals surface area contributed by atoms with Gasteiger partial charge in [-0.05, 0) is 54.4 Å². The van der Waals surface area contributed by atoms with Crippen molar-refractivity contribution in [3.05, 3.63) is 76.2 Å². The topological polar surface area (TPSA) is 87.4 Å². The molecule has 0 fully saturated rings. The maximum Gasteiger partial charge on any atom is 0.191 e. The van der Waals surface area contributed by atoms with E-state index in [0.29, 0.717) is 34.7 Å². The van der Waals surface area contributed by atoms with Crippen molar-refractivity contribution in [2.45, 2.75) is 19.6 Å². The number of aromatic nitrogens is 3. The summed E-state index contributed by atoms with van der Waals surface area (Å²) in [4.78, 5) is 8.90. The first kappa shape index (κ1) is 24.4. The highest BCUT2D eigenvalue weighted by molar-refractivity contribution is 14.0. The Labute approximate surface area is 202 Å². The predicted molar refractivity (Wildman–Crippen MR) is 131 cm³/mol. The lowest BCUT2D eigenvalue weighted by Crippen LogP contribution is -2.39. The lowest BCUT2D eigenvalue weighted by atomic mass is 10.1. The number of aliphatic hydroxyl groups is 1. The highest BCUT2D eigenvalue weighted by Crippen LogP contribution is 2.23. The van der Waals surface area contributed by atoms with Gasteiger partial charge in [0.05, 0.1) is 12.6 Å². The number of aliphatic imine (C=N–C) groups is 1. The number of nitrogens with zero attached hydrogens (tertiary/aromatic N) is 4. The van der Waals surface area contributed by atoms with Gasteiger partial charge in [-0.1, -0.05) is 23.2 Å². The van der Waals surface area contributed by atoms with E-state index in [4.69, 9.17) is 23.2 Å². The van der Waals surface area contributed by atoms with Crippen LogP contribution in [-0.4, -0.2) is 38.9 Å². The minimum Gasteiger partial charge on any atom is -0.387 e. The summed E-state index contributed by atoms with van der Waals surface area (Å²) < 4.78 is 1.70. The molecule has 0 amide bonds. The van der Waals surface area contributed by atoms with Crippen molar-refractivity contribution < 1.29 is 5.11 Å². The van der Waals surface area contributed by atoms with Crippen molar-refractivity contribution in [2.24, 2.45) is 4.99 Å². The summed E-state index contributed by atoms with van der Waals surface area (Å²) >= 11 is 12.0. The zero-order chi connectivity index (χ0) is 20.6. The van der Waals surface area contributed by atoms with Crippen LogP contribution in [-0.2, 0) is 6.54 Å². The zero-order valence-corrected chi connectivity index (χ0v) is 20.1. The van der Waals surface area contributed by atoms with E-state index < -0.39 is 6.10 Å². The minimum absolute atomic E-state index is 0. The molecule has 0 aliphatic carbocycles. The second-order valence-electron chi connectivity index (χ2n) is 6.27. The maximum absolute atomic E-state index is 10.4. The number of benzene rings is 1. The van der Waals surface area contributed by atoms with E-state index in [1.165, 1.54) is 0 Å². The average molecular weight is 561 g/mol. The van der Waals surface area contributed by atoms with Crippen LogP contribution in [0.2, 0.25) is 10.0 Å². The van der Waals surface area contributed by atoms with Crippen molar-refractivity contribution >= 4 is 53.1 Å². The molecule has 1 atom stereocenters. The van der Waals surface area contributed by atoms with Gasteiger partial charge in [0.25, 0.3) is 0 Å². The molecule has 3 N–H and O–H groups in total. The van der Waals surface area contributed by atoms with Crippen LogP contribution in [0.3, 0.4) is 0 Å². The molecule has 160 valence electrons. The molecule has 0 radical (unpaired) electrons. The van der Waals surface area contributed by atoms with Crippen LogP contribution in [0, 0.1) is 0 Å². The molecule has 1 unspecified atom stereocenters. The highest BCUT2D eigenvalue weighted by Gasteiger charge is 2.10. The maximum atomic E-state index is 10.4. The molecule has 0 aliphatic heterocycles. The second-order valence-corrected chi connectivity index (χ2v) is 7.14. The fourth-order valence-corrected chi connectivity index (χ4v) is 3.22. The van der Waals surface area contributed by atoms with Gasteiger partial charge >= 0.3 is 0 Å². The quantitative estimate of drug-likeness (QED) is 0.231. The Balaban J connectivity index is 0.00000320. The number of rotatable bonds is 7. The molecular formula is C20H23Cl2IN6O. The molecule has 30 heavy (non-hydrogen) atoms. The summed E-state index contributed by atoms with van der Waals surface area (Å²) in [5, 5.41) is 21.9. The zero-order valence-electron chi connectivity index (χ0n) is 16.3. The molecule has 0 saturated carbocycles. The monoisotopic (exact) mass is 560 g/mol. The number of nitrogens with one attached hydrogen (secondary N) is 2. The molecule has 0 aliphatic rings. The van der Waals surface area contributed by atoms with Gasteiger partial charge in [0.15, 0.2) is 11.8 Å². The van der Waals surface area contributed by atoms with Crippen LogP contribution < -0.4 is 10.6 Å². The Hall–Kier alpha value is -1.88. The lowest BCUT2D eigenvalue weighted by molar-refractivity contribution is 0.181. The molecule has 0 spiro atoms. The van der Waals surface area contributed by atoms with Crippen molar-refractivity contribution in [3.63, 3.8) is 0 Å². The number of hydrogen-bond acceptors (Lipinski definition) is 4. The molecule has 3 aromatic rings. The van der Waals surface area contributed by atoms with Crippen molar-refractivity contribution in [1.82, 2.24) is 25.4 Å². The molecule has 7 nitrogen and oxygen atoms in total. The molecule has 2 aromatic heterocycles. The van der Waals surface area contributed by atoms with Gasteiger partial charge in [0.2, 0.25) is 0 Å². The van der Waals surface area contributed by atoms with E-state index in [1.54, 1.807) is 35.3 Å². The fourth-order valence-electron chi connectivity index (χ4n) is 2.68.